The maximum Gasteiger partial charge on any atom is 0.191 e. The highest BCUT2D eigenvalue weighted by atomic mass is 32.2. The van der Waals surface area contributed by atoms with Crippen molar-refractivity contribution in [3.63, 3.8) is 0 Å². The first-order chi connectivity index (χ1) is 10.1. The number of nitrogens with zero attached hydrogens (tertiary/aromatic N) is 1. The molecule has 3 rings (SSSR count). The fraction of sp³-hybridized carbons (Fsp3) is 0.278. The van der Waals surface area contributed by atoms with Gasteiger partial charge in [-0.2, -0.15) is 0 Å². The van der Waals surface area contributed by atoms with Gasteiger partial charge in [-0.1, -0.05) is 44.2 Å². The lowest BCUT2D eigenvalue weighted by molar-refractivity contribution is 0.540. The van der Waals surface area contributed by atoms with Crippen molar-refractivity contribution >= 4 is 17.4 Å². The van der Waals surface area contributed by atoms with Crippen molar-refractivity contribution in [3.05, 3.63) is 70.3 Å². The number of benzene rings is 2. The van der Waals surface area contributed by atoms with Crippen LogP contribution in [0.5, 0.6) is 0 Å². The Morgan fingerprint density at radius 1 is 1.19 bits per heavy atom. The second-order valence-corrected chi connectivity index (χ2v) is 6.61. The Bertz CT molecular complexity index is 730. The van der Waals surface area contributed by atoms with Crippen LogP contribution >= 0.6 is 11.8 Å². The molecule has 3 heteroatoms. The molecule has 0 amide bonds. The molecule has 21 heavy (non-hydrogen) atoms. The van der Waals surface area contributed by atoms with Gasteiger partial charge in [0.15, 0.2) is 5.69 Å². The Morgan fingerprint density at radius 2 is 1.90 bits per heavy atom. The van der Waals surface area contributed by atoms with Gasteiger partial charge in [-0.05, 0) is 28.7 Å². The molecule has 0 fully saturated rings. The lowest BCUT2D eigenvalue weighted by Gasteiger charge is -2.24. The second kappa shape index (κ2) is 5.54. The van der Waals surface area contributed by atoms with Gasteiger partial charge in [0.2, 0.25) is 0 Å². The van der Waals surface area contributed by atoms with Gasteiger partial charge in [0.1, 0.15) is 5.82 Å². The van der Waals surface area contributed by atoms with Gasteiger partial charge in [-0.15, -0.1) is 11.8 Å². The lowest BCUT2D eigenvalue weighted by atomic mass is 9.80. The minimum atomic E-state index is -0.152. The summed E-state index contributed by atoms with van der Waals surface area (Å²) in [4.78, 5) is 4.39. The van der Waals surface area contributed by atoms with Gasteiger partial charge < -0.3 is 0 Å². The van der Waals surface area contributed by atoms with Gasteiger partial charge >= 0.3 is 0 Å². The van der Waals surface area contributed by atoms with Crippen molar-refractivity contribution in [1.29, 1.82) is 0 Å². The molecular formula is C18H16FNS. The highest BCUT2D eigenvalue weighted by molar-refractivity contribution is 7.98. The third kappa shape index (κ3) is 2.34. The summed E-state index contributed by atoms with van der Waals surface area (Å²) in [6.45, 7) is 11.7. The zero-order chi connectivity index (χ0) is 15.0. The average molecular weight is 297 g/mol. The molecule has 0 bridgehead atoms. The van der Waals surface area contributed by atoms with Crippen molar-refractivity contribution in [2.45, 2.75) is 30.4 Å². The van der Waals surface area contributed by atoms with Crippen molar-refractivity contribution < 1.29 is 4.39 Å². The zero-order valence-corrected chi connectivity index (χ0v) is 12.9. The van der Waals surface area contributed by atoms with E-state index in [0.717, 1.165) is 16.0 Å². The van der Waals surface area contributed by atoms with E-state index in [9.17, 15) is 4.39 Å². The summed E-state index contributed by atoms with van der Waals surface area (Å²) in [5, 5.41) is 0. The standard InChI is InChI=1S/C18H16FNS/c1-11(2)17-12-6-5-9-16(20-3)14(12)10-21-18-13(17)7-4-8-15(18)19/h4-9,11,17H,10H2,1-2H3. The summed E-state index contributed by atoms with van der Waals surface area (Å²) in [5.41, 5.74) is 3.98. The number of fused-ring (bicyclic) bond motifs is 2. The topological polar surface area (TPSA) is 4.36 Å². The quantitative estimate of drug-likeness (QED) is 0.605. The SMILES string of the molecule is [C-]#[N+]c1cccc2c1CSc1c(F)cccc1C2C(C)C. The van der Waals surface area contributed by atoms with E-state index in [4.69, 9.17) is 6.57 Å². The molecule has 1 heterocycles. The Balaban J connectivity index is 2.28. The molecule has 0 radical (unpaired) electrons. The van der Waals surface area contributed by atoms with Crippen molar-refractivity contribution in [1.82, 2.24) is 0 Å². The highest BCUT2D eigenvalue weighted by Crippen LogP contribution is 2.46. The molecule has 2 aromatic carbocycles. The van der Waals surface area contributed by atoms with E-state index < -0.39 is 0 Å². The average Bonchev–Trinajstić information content (AvgIpc) is 2.64. The molecule has 1 aliphatic rings. The van der Waals surface area contributed by atoms with Crippen molar-refractivity contribution in [2.24, 2.45) is 5.92 Å². The van der Waals surface area contributed by atoms with Crippen LogP contribution in [0.15, 0.2) is 41.3 Å². The van der Waals surface area contributed by atoms with E-state index in [1.807, 2.05) is 18.2 Å². The lowest BCUT2D eigenvalue weighted by Crippen LogP contribution is -2.10. The summed E-state index contributed by atoms with van der Waals surface area (Å²) in [7, 11) is 0. The van der Waals surface area contributed by atoms with E-state index in [1.54, 1.807) is 6.07 Å². The zero-order valence-electron chi connectivity index (χ0n) is 12.1. The van der Waals surface area contributed by atoms with Crippen LogP contribution < -0.4 is 0 Å². The maximum absolute atomic E-state index is 14.2. The molecule has 1 atom stereocenters. The fourth-order valence-electron chi connectivity index (χ4n) is 3.10. The molecule has 0 spiro atoms. The molecule has 0 N–H and O–H groups in total. The molecule has 1 aliphatic heterocycles. The van der Waals surface area contributed by atoms with Gasteiger partial charge in [0.05, 0.1) is 6.57 Å². The van der Waals surface area contributed by atoms with Crippen LogP contribution in [-0.4, -0.2) is 0 Å². The number of hydrogen-bond donors (Lipinski definition) is 0. The van der Waals surface area contributed by atoms with Crippen molar-refractivity contribution in [3.8, 4) is 0 Å². The summed E-state index contributed by atoms with van der Waals surface area (Å²) in [5.74, 6) is 0.997. The Labute approximate surface area is 129 Å². The summed E-state index contributed by atoms with van der Waals surface area (Å²) < 4.78 is 14.2. The van der Waals surface area contributed by atoms with Crippen LogP contribution in [0.25, 0.3) is 4.85 Å². The molecule has 1 unspecified atom stereocenters. The first-order valence-corrected chi connectivity index (χ1v) is 8.02. The van der Waals surface area contributed by atoms with E-state index >= 15 is 0 Å². The number of rotatable bonds is 1. The van der Waals surface area contributed by atoms with Crippen LogP contribution in [-0.2, 0) is 5.75 Å². The van der Waals surface area contributed by atoms with Crippen LogP contribution in [0.2, 0.25) is 0 Å². The van der Waals surface area contributed by atoms with E-state index in [2.05, 4.69) is 24.8 Å². The summed E-state index contributed by atoms with van der Waals surface area (Å²) >= 11 is 1.51. The van der Waals surface area contributed by atoms with Gasteiger partial charge in [0.25, 0.3) is 0 Å². The van der Waals surface area contributed by atoms with E-state index in [0.29, 0.717) is 17.4 Å². The Morgan fingerprint density at radius 3 is 2.62 bits per heavy atom. The highest BCUT2D eigenvalue weighted by Gasteiger charge is 2.28. The predicted molar refractivity (Wildman–Crippen MR) is 85.3 cm³/mol. The van der Waals surface area contributed by atoms with Crippen LogP contribution in [0.3, 0.4) is 0 Å². The molecule has 2 aromatic rings. The molecule has 1 nitrogen and oxygen atoms in total. The van der Waals surface area contributed by atoms with Gasteiger partial charge in [-0.3, -0.25) is 0 Å². The van der Waals surface area contributed by atoms with Crippen LogP contribution in [0.4, 0.5) is 10.1 Å². The van der Waals surface area contributed by atoms with Crippen LogP contribution in [0, 0.1) is 18.3 Å². The molecule has 0 saturated carbocycles. The van der Waals surface area contributed by atoms with Crippen molar-refractivity contribution in [2.75, 3.05) is 0 Å². The molecule has 106 valence electrons. The fourth-order valence-corrected chi connectivity index (χ4v) is 4.27. The summed E-state index contributed by atoms with van der Waals surface area (Å²) in [6, 6.07) is 11.2. The number of hydrogen-bond acceptors (Lipinski definition) is 1. The predicted octanol–water partition coefficient (Wildman–Crippen LogP) is 5.77. The smallest absolute Gasteiger partial charge is 0.191 e. The number of halogens is 1. The summed E-state index contributed by atoms with van der Waals surface area (Å²) in [6.07, 6.45) is 0. The first kappa shape index (κ1) is 14.2. The monoisotopic (exact) mass is 297 g/mol. The maximum atomic E-state index is 14.2. The largest absolute Gasteiger partial charge is 0.238 e. The van der Waals surface area contributed by atoms with Gasteiger partial charge in [0, 0.05) is 16.6 Å². The van der Waals surface area contributed by atoms with Crippen LogP contribution in [0.1, 0.15) is 36.5 Å². The number of thioether (sulfide) groups is 1. The minimum Gasteiger partial charge on any atom is -0.238 e. The Hall–Kier alpha value is -1.79. The molecule has 0 saturated heterocycles. The molecule has 0 aromatic heterocycles. The third-order valence-electron chi connectivity index (χ3n) is 4.00. The second-order valence-electron chi connectivity index (χ2n) is 5.63. The first-order valence-electron chi connectivity index (χ1n) is 7.04. The van der Waals surface area contributed by atoms with E-state index in [-0.39, 0.29) is 11.7 Å². The normalized spacial score (nSPS) is 16.8. The molecule has 0 aliphatic carbocycles. The van der Waals surface area contributed by atoms with Gasteiger partial charge in [-0.25, -0.2) is 9.24 Å². The van der Waals surface area contributed by atoms with E-state index in [1.165, 1.54) is 23.4 Å². The Kier molecular flexibility index (Phi) is 3.73. The minimum absolute atomic E-state index is 0.141. The third-order valence-corrected chi connectivity index (χ3v) is 5.16. The molecular weight excluding hydrogens is 281 g/mol.